The third-order valence-electron chi connectivity index (χ3n) is 0.536. The molecule has 0 N–H and O–H groups in total. The van der Waals surface area contributed by atoms with Crippen LogP contribution < -0.4 is 0 Å². The molecule has 0 saturated carbocycles. The van der Waals surface area contributed by atoms with Crippen molar-refractivity contribution >= 4 is 12.9 Å². The lowest BCUT2D eigenvalue weighted by Gasteiger charge is -1.80. The summed E-state index contributed by atoms with van der Waals surface area (Å²) in [5.41, 5.74) is 0. The van der Waals surface area contributed by atoms with Crippen molar-refractivity contribution in [3.05, 3.63) is 24.7 Å². The fourth-order valence-electron chi connectivity index (χ4n) is 0.246. The van der Waals surface area contributed by atoms with Gasteiger partial charge in [0.2, 0.25) is 0 Å². The molecule has 0 bridgehead atoms. The van der Waals surface area contributed by atoms with Crippen LogP contribution in [0.5, 0.6) is 0 Å². The molecular formula is C6H6O4. The lowest BCUT2D eigenvalue weighted by Crippen LogP contribution is -1.72. The van der Waals surface area contributed by atoms with Gasteiger partial charge in [-0.25, -0.2) is 0 Å². The van der Waals surface area contributed by atoms with E-state index in [9.17, 15) is 9.59 Å². The first-order chi connectivity index (χ1) is 4.91. The first-order valence-corrected chi connectivity index (χ1v) is 2.41. The van der Waals surface area contributed by atoms with E-state index in [1.165, 1.54) is 12.2 Å². The molecule has 0 aromatic carbocycles. The van der Waals surface area contributed by atoms with Crippen LogP contribution in [0.15, 0.2) is 24.7 Å². The molecule has 0 amide bonds. The van der Waals surface area contributed by atoms with Gasteiger partial charge in [0, 0.05) is 0 Å². The zero-order chi connectivity index (χ0) is 7.66. The van der Waals surface area contributed by atoms with Gasteiger partial charge >= 0.3 is 0 Å². The van der Waals surface area contributed by atoms with Gasteiger partial charge < -0.3 is 9.47 Å². The molecule has 0 unspecified atom stereocenters. The van der Waals surface area contributed by atoms with Crippen LogP contribution >= 0.6 is 0 Å². The molecule has 54 valence electrons. The molecular weight excluding hydrogens is 136 g/mol. The summed E-state index contributed by atoms with van der Waals surface area (Å²) in [7, 11) is 0. The van der Waals surface area contributed by atoms with Gasteiger partial charge in [0.1, 0.15) is 0 Å². The van der Waals surface area contributed by atoms with E-state index >= 15 is 0 Å². The van der Waals surface area contributed by atoms with Crippen LogP contribution in [0.3, 0.4) is 0 Å². The van der Waals surface area contributed by atoms with Crippen LogP contribution in [0.1, 0.15) is 0 Å². The molecule has 0 spiro atoms. The van der Waals surface area contributed by atoms with E-state index in [4.69, 9.17) is 0 Å². The molecule has 0 radical (unpaired) electrons. The molecule has 0 aromatic rings. The van der Waals surface area contributed by atoms with E-state index in [-0.39, 0.29) is 12.9 Å². The van der Waals surface area contributed by atoms with Crippen LogP contribution in [0.2, 0.25) is 0 Å². The van der Waals surface area contributed by atoms with Gasteiger partial charge in [-0.2, -0.15) is 0 Å². The third-order valence-corrected chi connectivity index (χ3v) is 0.536. The van der Waals surface area contributed by atoms with Crippen LogP contribution in [0, 0.1) is 0 Å². The van der Waals surface area contributed by atoms with E-state index < -0.39 is 0 Å². The highest BCUT2D eigenvalue weighted by Gasteiger charge is 1.67. The SMILES string of the molecule is O=COC=CC=COC=O. The molecule has 0 aliphatic carbocycles. The van der Waals surface area contributed by atoms with E-state index in [1.807, 2.05) is 0 Å². The standard InChI is InChI=1S/C6H6O4/c7-5-9-3-1-2-4-10-6-8/h1-6H. The summed E-state index contributed by atoms with van der Waals surface area (Å²) in [6.07, 6.45) is 5.10. The number of allylic oxidation sites excluding steroid dienone is 2. The van der Waals surface area contributed by atoms with Crippen molar-refractivity contribution in [1.29, 1.82) is 0 Å². The van der Waals surface area contributed by atoms with Crippen molar-refractivity contribution in [3.8, 4) is 0 Å². The minimum atomic E-state index is 0.283. The molecule has 0 aromatic heterocycles. The molecule has 10 heavy (non-hydrogen) atoms. The Morgan fingerprint density at radius 1 is 0.800 bits per heavy atom. The number of hydrogen-bond acceptors (Lipinski definition) is 4. The lowest BCUT2D eigenvalue weighted by atomic mass is 10.6. The van der Waals surface area contributed by atoms with Crippen molar-refractivity contribution in [1.82, 2.24) is 0 Å². The van der Waals surface area contributed by atoms with Crippen molar-refractivity contribution in [3.63, 3.8) is 0 Å². The summed E-state index contributed by atoms with van der Waals surface area (Å²) in [6.45, 7) is 0.565. The largest absolute Gasteiger partial charge is 0.437 e. The second kappa shape index (κ2) is 7.42. The fraction of sp³-hybridized carbons (Fsp3) is 0. The van der Waals surface area contributed by atoms with Crippen LogP contribution in [0.4, 0.5) is 0 Å². The molecule has 0 saturated heterocycles. The highest BCUT2D eigenvalue weighted by atomic mass is 16.5. The van der Waals surface area contributed by atoms with E-state index in [2.05, 4.69) is 9.47 Å². The van der Waals surface area contributed by atoms with Crippen molar-refractivity contribution in [2.45, 2.75) is 0 Å². The number of ether oxygens (including phenoxy) is 2. The Morgan fingerprint density at radius 2 is 1.20 bits per heavy atom. The molecule has 0 rings (SSSR count). The number of hydrogen-bond donors (Lipinski definition) is 0. The Hall–Kier alpha value is -1.58. The second-order valence-electron chi connectivity index (χ2n) is 1.12. The van der Waals surface area contributed by atoms with E-state index in [0.717, 1.165) is 12.5 Å². The first-order valence-electron chi connectivity index (χ1n) is 2.41. The van der Waals surface area contributed by atoms with Crippen molar-refractivity contribution < 1.29 is 19.1 Å². The molecule has 0 heterocycles. The van der Waals surface area contributed by atoms with Gasteiger partial charge in [0.25, 0.3) is 12.9 Å². The van der Waals surface area contributed by atoms with Gasteiger partial charge in [-0.3, -0.25) is 9.59 Å². The van der Waals surface area contributed by atoms with Crippen molar-refractivity contribution in [2.75, 3.05) is 0 Å². The highest BCUT2D eigenvalue weighted by molar-refractivity contribution is 5.39. The predicted octanol–water partition coefficient (Wildman–Crippen LogP) is 0.360. The van der Waals surface area contributed by atoms with Gasteiger partial charge in [-0.15, -0.1) is 0 Å². The normalized spacial score (nSPS) is 10.0. The number of carbonyl (C=O) groups excluding carboxylic acids is 2. The monoisotopic (exact) mass is 142 g/mol. The maximum atomic E-state index is 9.51. The van der Waals surface area contributed by atoms with Crippen LogP contribution in [0.25, 0.3) is 0 Å². The Labute approximate surface area is 57.7 Å². The summed E-state index contributed by atoms with van der Waals surface area (Å²) in [5.74, 6) is 0. The van der Waals surface area contributed by atoms with Crippen LogP contribution in [-0.4, -0.2) is 12.9 Å². The molecule has 0 aliphatic rings. The number of carbonyl (C=O) groups is 2. The van der Waals surface area contributed by atoms with Crippen molar-refractivity contribution in [2.24, 2.45) is 0 Å². The zero-order valence-electron chi connectivity index (χ0n) is 5.10. The Balaban J connectivity index is 3.31. The molecule has 4 heteroatoms. The zero-order valence-corrected chi connectivity index (χ0v) is 5.10. The number of rotatable bonds is 5. The molecule has 4 nitrogen and oxygen atoms in total. The summed E-state index contributed by atoms with van der Waals surface area (Å²) in [4.78, 5) is 19.0. The Bertz CT molecular complexity index is 130. The Kier molecular flexibility index (Phi) is 6.25. The van der Waals surface area contributed by atoms with E-state index in [1.54, 1.807) is 0 Å². The topological polar surface area (TPSA) is 52.6 Å². The highest BCUT2D eigenvalue weighted by Crippen LogP contribution is 1.77. The molecule has 0 atom stereocenters. The maximum absolute atomic E-state index is 9.51. The minimum Gasteiger partial charge on any atom is -0.437 e. The molecule has 0 aliphatic heterocycles. The average Bonchev–Trinajstić information content (AvgIpc) is 1.97. The quantitative estimate of drug-likeness (QED) is 0.316. The fourth-order valence-corrected chi connectivity index (χ4v) is 0.246. The lowest BCUT2D eigenvalue weighted by molar-refractivity contribution is -0.124. The Morgan fingerprint density at radius 3 is 1.50 bits per heavy atom. The minimum absolute atomic E-state index is 0.283. The second-order valence-corrected chi connectivity index (χ2v) is 1.12. The summed E-state index contributed by atoms with van der Waals surface area (Å²) < 4.78 is 8.31. The average molecular weight is 142 g/mol. The third kappa shape index (κ3) is 6.42. The smallest absolute Gasteiger partial charge is 0.297 e. The summed E-state index contributed by atoms with van der Waals surface area (Å²) in [5, 5.41) is 0. The first kappa shape index (κ1) is 8.42. The summed E-state index contributed by atoms with van der Waals surface area (Å²) >= 11 is 0. The van der Waals surface area contributed by atoms with Gasteiger partial charge in [0.15, 0.2) is 0 Å². The van der Waals surface area contributed by atoms with Gasteiger partial charge in [0.05, 0.1) is 12.5 Å². The predicted molar refractivity (Wildman–Crippen MR) is 32.6 cm³/mol. The van der Waals surface area contributed by atoms with Gasteiger partial charge in [-0.1, -0.05) is 0 Å². The van der Waals surface area contributed by atoms with E-state index in [0.29, 0.717) is 0 Å². The van der Waals surface area contributed by atoms with Gasteiger partial charge in [-0.05, 0) is 12.2 Å². The summed E-state index contributed by atoms with van der Waals surface area (Å²) in [6, 6.07) is 0. The van der Waals surface area contributed by atoms with Crippen LogP contribution in [-0.2, 0) is 19.1 Å². The molecule has 0 fully saturated rings. The maximum Gasteiger partial charge on any atom is 0.297 e.